The van der Waals surface area contributed by atoms with E-state index in [1.54, 1.807) is 0 Å². The topological polar surface area (TPSA) is 52.1 Å². The summed E-state index contributed by atoms with van der Waals surface area (Å²) in [5, 5.41) is 4.36. The van der Waals surface area contributed by atoms with Crippen LogP contribution in [-0.2, 0) is 10.8 Å². The fraction of sp³-hybridized carbons (Fsp3) is 0.148. The number of para-hydroxylation sites is 2. The minimum atomic E-state index is -0.0307. The lowest BCUT2D eigenvalue weighted by Gasteiger charge is -2.36. The molecule has 3 aliphatic rings. The zero-order valence-corrected chi connectivity index (χ0v) is 36.4. The van der Waals surface area contributed by atoms with Gasteiger partial charge in [0.25, 0.3) is 0 Å². The lowest BCUT2D eigenvalue weighted by molar-refractivity contribution is 0.353. The Bertz CT molecular complexity index is 3790. The van der Waals surface area contributed by atoms with Gasteiger partial charge in [0, 0.05) is 49.1 Å². The van der Waals surface area contributed by atoms with Gasteiger partial charge in [-0.05, 0) is 129 Å². The average molecular weight is 837 g/mol. The van der Waals surface area contributed by atoms with Crippen molar-refractivity contribution in [1.29, 1.82) is 0 Å². The smallest absolute Gasteiger partial charge is 0.160 e. The normalized spacial score (nSPS) is 15.5. The van der Waals surface area contributed by atoms with Gasteiger partial charge in [-0.25, -0.2) is 9.97 Å². The molecule has 3 aromatic heterocycles. The van der Waals surface area contributed by atoms with Gasteiger partial charge in [-0.15, -0.1) is 0 Å². The van der Waals surface area contributed by atoms with Crippen molar-refractivity contribution in [1.82, 2.24) is 9.97 Å². The fourth-order valence-corrected chi connectivity index (χ4v) is 12.1. The number of furan rings is 2. The molecular weight excluding hydrogens is 793 g/mol. The van der Waals surface area contributed by atoms with Crippen LogP contribution in [0.1, 0.15) is 68.2 Å². The second-order valence-electron chi connectivity index (χ2n) is 19.1. The number of hydrogen-bond donors (Lipinski definition) is 0. The van der Waals surface area contributed by atoms with Gasteiger partial charge in [0.05, 0.1) is 11.4 Å². The Labute approximate surface area is 377 Å². The van der Waals surface area contributed by atoms with Crippen LogP contribution < -0.4 is 0 Å². The molecule has 4 nitrogen and oxygen atoms in total. The molecule has 8 aromatic carbocycles. The second-order valence-corrected chi connectivity index (χ2v) is 19.1. The van der Waals surface area contributed by atoms with E-state index in [0.717, 1.165) is 72.0 Å². The summed E-state index contributed by atoms with van der Waals surface area (Å²) in [7, 11) is 0. The first-order valence-corrected chi connectivity index (χ1v) is 23.2. The van der Waals surface area contributed by atoms with Crippen LogP contribution in [0.3, 0.4) is 0 Å². The molecule has 0 radical (unpaired) electrons. The quantitative estimate of drug-likeness (QED) is 0.177. The summed E-state index contributed by atoms with van der Waals surface area (Å²) in [5.74, 6) is 0.658. The maximum absolute atomic E-state index is 6.82. The van der Waals surface area contributed by atoms with E-state index >= 15 is 0 Å². The highest BCUT2D eigenvalue weighted by molar-refractivity contribution is 6.11. The predicted octanol–water partition coefficient (Wildman–Crippen LogP) is 16.5. The van der Waals surface area contributed by atoms with Gasteiger partial charge < -0.3 is 8.83 Å². The highest BCUT2D eigenvalue weighted by atomic mass is 16.3. The number of hydrogen-bond acceptors (Lipinski definition) is 4. The summed E-state index contributed by atoms with van der Waals surface area (Å²) in [5.41, 5.74) is 21.9. The second kappa shape index (κ2) is 13.5. The molecule has 4 heteroatoms. The SMILES string of the molecule is CC1(C)c2ccccc2-c2cc3c(cc21)-c1ccc(-c2ccc4oc5c(-c6cc(-c7ccc8c(c7)oc7ccccc78)nc(-c7ccccc7)n6)cccc5c4c2)cc1C31CCCCC1. The Kier molecular flexibility index (Phi) is 7.65. The highest BCUT2D eigenvalue weighted by Gasteiger charge is 2.46. The van der Waals surface area contributed by atoms with Gasteiger partial charge in [-0.1, -0.05) is 142 Å². The van der Waals surface area contributed by atoms with E-state index < -0.39 is 0 Å². The third-order valence-corrected chi connectivity index (χ3v) is 15.3. The number of aromatic nitrogens is 2. The van der Waals surface area contributed by atoms with Crippen LogP contribution in [0.2, 0.25) is 0 Å². The van der Waals surface area contributed by atoms with E-state index in [1.807, 2.05) is 30.3 Å². The molecule has 0 aliphatic heterocycles. The highest BCUT2D eigenvalue weighted by Crippen LogP contribution is 2.60. The maximum atomic E-state index is 6.82. The molecule has 0 atom stereocenters. The van der Waals surface area contributed by atoms with Gasteiger partial charge in [0.2, 0.25) is 0 Å². The molecule has 1 spiro atoms. The fourth-order valence-electron chi connectivity index (χ4n) is 12.1. The van der Waals surface area contributed by atoms with E-state index in [0.29, 0.717) is 5.82 Å². The number of nitrogens with zero attached hydrogens (tertiary/aromatic N) is 2. The lowest BCUT2D eigenvalue weighted by Crippen LogP contribution is -2.28. The molecule has 0 saturated heterocycles. The van der Waals surface area contributed by atoms with Crippen LogP contribution in [0.25, 0.3) is 111 Å². The van der Waals surface area contributed by atoms with E-state index in [2.05, 4.69) is 153 Å². The summed E-state index contributed by atoms with van der Waals surface area (Å²) in [4.78, 5) is 10.4. The molecular formula is C61H44N2O2. The van der Waals surface area contributed by atoms with Crippen LogP contribution >= 0.6 is 0 Å². The molecule has 3 aliphatic carbocycles. The number of benzene rings is 8. The molecule has 14 rings (SSSR count). The first-order chi connectivity index (χ1) is 31.9. The van der Waals surface area contributed by atoms with Crippen molar-refractivity contribution in [2.45, 2.75) is 56.8 Å². The molecule has 65 heavy (non-hydrogen) atoms. The zero-order valence-electron chi connectivity index (χ0n) is 36.4. The van der Waals surface area contributed by atoms with Crippen LogP contribution in [0, 0.1) is 0 Å². The van der Waals surface area contributed by atoms with Gasteiger partial charge in [0.1, 0.15) is 22.3 Å². The molecule has 0 amide bonds. The van der Waals surface area contributed by atoms with Crippen LogP contribution in [0.5, 0.6) is 0 Å². The van der Waals surface area contributed by atoms with Crippen molar-refractivity contribution in [2.24, 2.45) is 0 Å². The number of rotatable bonds is 4. The lowest BCUT2D eigenvalue weighted by atomic mass is 9.67. The largest absolute Gasteiger partial charge is 0.456 e. The van der Waals surface area contributed by atoms with Crippen molar-refractivity contribution in [3.8, 4) is 67.3 Å². The van der Waals surface area contributed by atoms with Crippen molar-refractivity contribution in [3.05, 3.63) is 192 Å². The third-order valence-electron chi connectivity index (χ3n) is 15.3. The van der Waals surface area contributed by atoms with Crippen LogP contribution in [0.4, 0.5) is 0 Å². The Balaban J connectivity index is 0.886. The monoisotopic (exact) mass is 836 g/mol. The molecule has 1 fully saturated rings. The van der Waals surface area contributed by atoms with Gasteiger partial charge >= 0.3 is 0 Å². The molecule has 11 aromatic rings. The molecule has 0 unspecified atom stereocenters. The maximum Gasteiger partial charge on any atom is 0.160 e. The van der Waals surface area contributed by atoms with Gasteiger partial charge in [0.15, 0.2) is 5.82 Å². The van der Waals surface area contributed by atoms with Crippen LogP contribution in [0.15, 0.2) is 179 Å². The summed E-state index contributed by atoms with van der Waals surface area (Å²) in [6.45, 7) is 4.80. The van der Waals surface area contributed by atoms with Crippen molar-refractivity contribution in [3.63, 3.8) is 0 Å². The van der Waals surface area contributed by atoms with Gasteiger partial charge in [-0.3, -0.25) is 0 Å². The first-order valence-electron chi connectivity index (χ1n) is 23.2. The van der Waals surface area contributed by atoms with Crippen LogP contribution in [-0.4, -0.2) is 9.97 Å². The third kappa shape index (κ3) is 5.31. The molecule has 3 heterocycles. The van der Waals surface area contributed by atoms with E-state index in [9.17, 15) is 0 Å². The minimum Gasteiger partial charge on any atom is -0.456 e. The van der Waals surface area contributed by atoms with E-state index in [-0.39, 0.29) is 10.8 Å². The summed E-state index contributed by atoms with van der Waals surface area (Å²) in [6, 6.07) is 61.5. The Hall–Kier alpha value is -7.56. The summed E-state index contributed by atoms with van der Waals surface area (Å²) in [6.07, 6.45) is 6.21. The first kappa shape index (κ1) is 36.9. The molecule has 310 valence electrons. The van der Waals surface area contributed by atoms with Crippen molar-refractivity contribution in [2.75, 3.05) is 0 Å². The Morgan fingerprint density at radius 3 is 1.95 bits per heavy atom. The van der Waals surface area contributed by atoms with E-state index in [1.165, 1.54) is 87.7 Å². The van der Waals surface area contributed by atoms with Crippen molar-refractivity contribution < 1.29 is 8.83 Å². The molecule has 0 bridgehead atoms. The standard InChI is InChI=1S/C61H44N2O2/c1-60(2)49-20-9-7-16-40(49)46-34-52-47(33-50(46)60)41-25-22-38(31-51(41)61(52)28-11-4-12-29-61)37-24-27-56-48(30-37)44-18-13-19-45(58(44)65-56)54-35-53(62-59(63-54)36-14-5-3-6-15-36)39-23-26-43-42-17-8-10-21-55(42)64-57(43)32-39/h3,5-10,13-27,30-35H,4,11-12,28-29H2,1-2H3. The van der Waals surface area contributed by atoms with Crippen molar-refractivity contribution >= 4 is 43.9 Å². The van der Waals surface area contributed by atoms with Gasteiger partial charge in [-0.2, -0.15) is 0 Å². The number of fused-ring (bicyclic) bond motifs is 14. The molecule has 0 N–H and O–H groups in total. The zero-order chi connectivity index (χ0) is 43.0. The predicted molar refractivity (Wildman–Crippen MR) is 265 cm³/mol. The average Bonchev–Trinajstić information content (AvgIpc) is 4.06. The molecule has 1 saturated carbocycles. The Morgan fingerprint density at radius 2 is 1.05 bits per heavy atom. The summed E-state index contributed by atoms with van der Waals surface area (Å²) < 4.78 is 13.1. The summed E-state index contributed by atoms with van der Waals surface area (Å²) >= 11 is 0. The minimum absolute atomic E-state index is 0.0307. The Morgan fingerprint density at radius 1 is 0.385 bits per heavy atom. The van der Waals surface area contributed by atoms with E-state index in [4.69, 9.17) is 18.8 Å².